The van der Waals surface area contributed by atoms with Crippen LogP contribution in [0.4, 0.5) is 5.95 Å². The number of carbonyl (C=O) groups excluding carboxylic acids is 1. The molecule has 0 saturated carbocycles. The van der Waals surface area contributed by atoms with Crippen LogP contribution in [0.25, 0.3) is 0 Å². The molecule has 2 aromatic carbocycles. The molecule has 1 N–H and O–H groups in total. The number of benzene rings is 2. The van der Waals surface area contributed by atoms with E-state index in [1.165, 1.54) is 0 Å². The lowest BCUT2D eigenvalue weighted by molar-refractivity contribution is -0.121. The van der Waals surface area contributed by atoms with Crippen LogP contribution in [-0.4, -0.2) is 53.5 Å². The Kier molecular flexibility index (Phi) is 7.53. The SMILES string of the molecule is O=C(CCN1Cc2ccccc2O[C@H](c2ccccc2)C1)NC[C@@H]1CCCN(c2ncccn2)C1. The van der Waals surface area contributed by atoms with E-state index in [1.807, 2.05) is 42.5 Å². The molecule has 1 fully saturated rings. The molecule has 0 bridgehead atoms. The number of piperidine rings is 1. The van der Waals surface area contributed by atoms with Crippen LogP contribution in [0.1, 0.15) is 36.5 Å². The van der Waals surface area contributed by atoms with Crippen molar-refractivity contribution < 1.29 is 9.53 Å². The molecular weight excluding hydrogens is 438 g/mol. The van der Waals surface area contributed by atoms with Gasteiger partial charge in [-0.05, 0) is 36.5 Å². The summed E-state index contributed by atoms with van der Waals surface area (Å²) in [5.74, 6) is 2.22. The molecule has 2 aliphatic heterocycles. The molecule has 7 nitrogen and oxygen atoms in total. The molecule has 0 unspecified atom stereocenters. The van der Waals surface area contributed by atoms with E-state index in [-0.39, 0.29) is 12.0 Å². The van der Waals surface area contributed by atoms with Gasteiger partial charge < -0.3 is 15.0 Å². The van der Waals surface area contributed by atoms with E-state index in [4.69, 9.17) is 4.74 Å². The summed E-state index contributed by atoms with van der Waals surface area (Å²) < 4.78 is 6.40. The smallest absolute Gasteiger partial charge is 0.225 e. The fourth-order valence-electron chi connectivity index (χ4n) is 4.97. The Labute approximate surface area is 207 Å². The van der Waals surface area contributed by atoms with Crippen molar-refractivity contribution in [2.45, 2.75) is 31.9 Å². The van der Waals surface area contributed by atoms with E-state index in [9.17, 15) is 4.79 Å². The average molecular weight is 472 g/mol. The monoisotopic (exact) mass is 471 g/mol. The molecule has 3 aromatic rings. The molecule has 182 valence electrons. The van der Waals surface area contributed by atoms with Gasteiger partial charge in [-0.2, -0.15) is 0 Å². The summed E-state index contributed by atoms with van der Waals surface area (Å²) in [5, 5.41) is 3.18. The zero-order valence-corrected chi connectivity index (χ0v) is 20.1. The number of para-hydroxylation sites is 1. The molecule has 1 aromatic heterocycles. The summed E-state index contributed by atoms with van der Waals surface area (Å²) in [7, 11) is 0. The molecule has 0 spiro atoms. The Hall–Kier alpha value is -3.45. The Morgan fingerprint density at radius 3 is 2.66 bits per heavy atom. The normalized spacial score (nSPS) is 20.4. The van der Waals surface area contributed by atoms with Gasteiger partial charge in [0.2, 0.25) is 11.9 Å². The second kappa shape index (κ2) is 11.3. The molecule has 0 radical (unpaired) electrons. The quantitative estimate of drug-likeness (QED) is 0.565. The maximum Gasteiger partial charge on any atom is 0.225 e. The van der Waals surface area contributed by atoms with E-state index < -0.39 is 0 Å². The maximum atomic E-state index is 12.8. The summed E-state index contributed by atoms with van der Waals surface area (Å²) in [6, 6.07) is 20.4. The van der Waals surface area contributed by atoms with Crippen molar-refractivity contribution in [1.29, 1.82) is 0 Å². The number of fused-ring (bicyclic) bond motifs is 1. The fraction of sp³-hybridized carbons (Fsp3) is 0.393. The number of carbonyl (C=O) groups is 1. The first-order valence-electron chi connectivity index (χ1n) is 12.5. The number of hydrogen-bond acceptors (Lipinski definition) is 6. The van der Waals surface area contributed by atoms with Crippen LogP contribution in [0.15, 0.2) is 73.1 Å². The minimum absolute atomic E-state index is 0.0589. The van der Waals surface area contributed by atoms with Crippen LogP contribution >= 0.6 is 0 Å². The highest BCUT2D eigenvalue weighted by atomic mass is 16.5. The number of amides is 1. The van der Waals surface area contributed by atoms with Crippen molar-refractivity contribution in [1.82, 2.24) is 20.2 Å². The number of rotatable bonds is 7. The van der Waals surface area contributed by atoms with Crippen molar-refractivity contribution in [3.63, 3.8) is 0 Å². The van der Waals surface area contributed by atoms with E-state index >= 15 is 0 Å². The van der Waals surface area contributed by atoms with Crippen LogP contribution < -0.4 is 15.0 Å². The Balaban J connectivity index is 1.14. The largest absolute Gasteiger partial charge is 0.484 e. The summed E-state index contributed by atoms with van der Waals surface area (Å²) in [5.41, 5.74) is 2.32. The predicted molar refractivity (Wildman–Crippen MR) is 136 cm³/mol. The highest BCUT2D eigenvalue weighted by molar-refractivity contribution is 5.76. The van der Waals surface area contributed by atoms with Crippen molar-refractivity contribution in [2.24, 2.45) is 5.92 Å². The Bertz CT molecular complexity index is 1090. The van der Waals surface area contributed by atoms with Gasteiger partial charge in [0.15, 0.2) is 0 Å². The molecule has 1 amide bonds. The second-order valence-corrected chi connectivity index (χ2v) is 9.42. The van der Waals surface area contributed by atoms with Crippen LogP contribution in [0.3, 0.4) is 0 Å². The Morgan fingerprint density at radius 2 is 1.80 bits per heavy atom. The highest BCUT2D eigenvalue weighted by Crippen LogP contribution is 2.31. The van der Waals surface area contributed by atoms with Crippen molar-refractivity contribution in [2.75, 3.05) is 37.6 Å². The van der Waals surface area contributed by atoms with Crippen LogP contribution in [0, 0.1) is 5.92 Å². The first kappa shape index (κ1) is 23.3. The van der Waals surface area contributed by atoms with Gasteiger partial charge in [-0.1, -0.05) is 48.5 Å². The van der Waals surface area contributed by atoms with Gasteiger partial charge >= 0.3 is 0 Å². The number of aromatic nitrogens is 2. The van der Waals surface area contributed by atoms with Crippen molar-refractivity contribution >= 4 is 11.9 Å². The lowest BCUT2D eigenvalue weighted by atomic mass is 9.98. The van der Waals surface area contributed by atoms with E-state index in [0.29, 0.717) is 25.4 Å². The number of nitrogens with zero attached hydrogens (tertiary/aromatic N) is 4. The summed E-state index contributed by atoms with van der Waals surface area (Å²) >= 11 is 0. The zero-order valence-electron chi connectivity index (χ0n) is 20.1. The topological polar surface area (TPSA) is 70.6 Å². The minimum atomic E-state index is -0.0589. The minimum Gasteiger partial charge on any atom is -0.484 e. The van der Waals surface area contributed by atoms with Gasteiger partial charge in [-0.15, -0.1) is 0 Å². The number of nitrogens with one attached hydrogen (secondary N) is 1. The average Bonchev–Trinajstić information content (AvgIpc) is 3.11. The molecule has 7 heteroatoms. The number of ether oxygens (including phenoxy) is 1. The lowest BCUT2D eigenvalue weighted by Crippen LogP contribution is -2.42. The number of anilines is 1. The first-order valence-corrected chi connectivity index (χ1v) is 12.5. The molecule has 0 aliphatic carbocycles. The van der Waals surface area contributed by atoms with Gasteiger partial charge in [0.25, 0.3) is 0 Å². The predicted octanol–water partition coefficient (Wildman–Crippen LogP) is 3.84. The first-order chi connectivity index (χ1) is 17.2. The van der Waals surface area contributed by atoms with Crippen molar-refractivity contribution in [3.8, 4) is 5.75 Å². The van der Waals surface area contributed by atoms with E-state index in [1.54, 1.807) is 12.4 Å². The van der Waals surface area contributed by atoms with Crippen LogP contribution in [0.5, 0.6) is 5.75 Å². The zero-order chi connectivity index (χ0) is 23.9. The third kappa shape index (κ3) is 6.17. The van der Waals surface area contributed by atoms with Gasteiger partial charge in [-0.3, -0.25) is 9.69 Å². The van der Waals surface area contributed by atoms with E-state index in [0.717, 1.165) is 61.8 Å². The highest BCUT2D eigenvalue weighted by Gasteiger charge is 2.25. The summed E-state index contributed by atoms with van der Waals surface area (Å²) in [6.45, 7) is 4.77. The summed E-state index contributed by atoms with van der Waals surface area (Å²) in [4.78, 5) is 26.1. The summed E-state index contributed by atoms with van der Waals surface area (Å²) in [6.07, 6.45) is 6.18. The molecule has 1 saturated heterocycles. The molecule has 3 heterocycles. The Morgan fingerprint density at radius 1 is 1.00 bits per heavy atom. The third-order valence-corrected chi connectivity index (χ3v) is 6.83. The maximum absolute atomic E-state index is 12.8. The second-order valence-electron chi connectivity index (χ2n) is 9.42. The molecule has 2 aliphatic rings. The van der Waals surface area contributed by atoms with Gasteiger partial charge in [-0.25, -0.2) is 9.97 Å². The standard InChI is InChI=1S/C28H33N5O2/c34-27(31-18-22-8-6-16-33(19-22)28-29-14-7-15-30-28)13-17-32-20-24-11-4-5-12-25(24)35-26(21-32)23-9-2-1-3-10-23/h1-5,7,9-12,14-15,22,26H,6,8,13,16-21H2,(H,31,34)/t22-,26-/m0/s1. The van der Waals surface area contributed by atoms with Gasteiger partial charge in [0.1, 0.15) is 11.9 Å². The fourth-order valence-corrected chi connectivity index (χ4v) is 4.97. The van der Waals surface area contributed by atoms with Gasteiger partial charge in [0.05, 0.1) is 0 Å². The molecule has 2 atom stereocenters. The van der Waals surface area contributed by atoms with Crippen molar-refractivity contribution in [3.05, 3.63) is 84.2 Å². The van der Waals surface area contributed by atoms with Crippen LogP contribution in [0.2, 0.25) is 0 Å². The van der Waals surface area contributed by atoms with E-state index in [2.05, 4.69) is 43.3 Å². The molecule has 35 heavy (non-hydrogen) atoms. The van der Waals surface area contributed by atoms with Gasteiger partial charge in [0, 0.05) is 63.6 Å². The lowest BCUT2D eigenvalue weighted by Gasteiger charge is -2.32. The molecular formula is C28H33N5O2. The third-order valence-electron chi connectivity index (χ3n) is 6.83. The van der Waals surface area contributed by atoms with Crippen LogP contribution in [-0.2, 0) is 11.3 Å². The number of hydrogen-bond donors (Lipinski definition) is 1. The molecule has 5 rings (SSSR count).